The Balaban J connectivity index is 2.33. The molecule has 0 atom stereocenters. The third kappa shape index (κ3) is 8.70. The van der Waals surface area contributed by atoms with E-state index in [0.29, 0.717) is 51.6 Å². The van der Waals surface area contributed by atoms with Crippen molar-refractivity contribution < 1.29 is 23.8 Å². The summed E-state index contributed by atoms with van der Waals surface area (Å²) in [5.74, 6) is -0.856. The third-order valence-electron chi connectivity index (χ3n) is 7.54. The standard InChI is InChI=1S/C29H54N2O5/c1-11-12-14-29(15-13-16-34-10,23(32)35-21-17-25(2,3)30-26(4,5)18-21)24(33)36-22-19-27(6,7)31-28(8,9)20-22/h21-22,30-31H,11-20H2,1-10H3. The van der Waals surface area contributed by atoms with Crippen LogP contribution in [0.25, 0.3) is 0 Å². The Hall–Kier alpha value is -1.18. The maximum absolute atomic E-state index is 14.0. The zero-order valence-corrected chi connectivity index (χ0v) is 24.8. The highest BCUT2D eigenvalue weighted by atomic mass is 16.6. The Bertz CT molecular complexity index is 675. The maximum Gasteiger partial charge on any atom is 0.323 e. The lowest BCUT2D eigenvalue weighted by molar-refractivity contribution is -0.184. The van der Waals surface area contributed by atoms with Gasteiger partial charge >= 0.3 is 11.9 Å². The molecule has 2 saturated heterocycles. The summed E-state index contributed by atoms with van der Waals surface area (Å²) in [4.78, 5) is 28.0. The van der Waals surface area contributed by atoms with Crippen molar-refractivity contribution >= 4 is 11.9 Å². The van der Waals surface area contributed by atoms with E-state index in [1.807, 2.05) is 0 Å². The second-order valence-corrected chi connectivity index (χ2v) is 13.9. The summed E-state index contributed by atoms with van der Waals surface area (Å²) in [5, 5.41) is 7.27. The van der Waals surface area contributed by atoms with Gasteiger partial charge in [0.05, 0.1) is 0 Å². The SMILES string of the molecule is CCCCC(CCCOC)(C(=O)OC1CC(C)(C)NC(C)(C)C1)C(=O)OC1CC(C)(C)NC(C)(C)C1. The summed E-state index contributed by atoms with van der Waals surface area (Å²) in [6.45, 7) is 19.6. The Morgan fingerprint density at radius 1 is 0.722 bits per heavy atom. The van der Waals surface area contributed by atoms with Gasteiger partial charge in [-0.25, -0.2) is 0 Å². The topological polar surface area (TPSA) is 85.9 Å². The Kier molecular flexibility index (Phi) is 10.1. The van der Waals surface area contributed by atoms with Gasteiger partial charge in [-0.1, -0.05) is 19.8 Å². The quantitative estimate of drug-likeness (QED) is 0.222. The van der Waals surface area contributed by atoms with Crippen LogP contribution in [-0.2, 0) is 23.8 Å². The van der Waals surface area contributed by atoms with E-state index >= 15 is 0 Å². The number of carbonyl (C=O) groups is 2. The molecule has 0 aromatic rings. The van der Waals surface area contributed by atoms with Crippen molar-refractivity contribution in [1.29, 1.82) is 0 Å². The fraction of sp³-hybridized carbons (Fsp3) is 0.931. The van der Waals surface area contributed by atoms with Gasteiger partial charge in [0.2, 0.25) is 0 Å². The second kappa shape index (κ2) is 11.7. The largest absolute Gasteiger partial charge is 0.461 e. The van der Waals surface area contributed by atoms with Crippen molar-refractivity contribution in [3.63, 3.8) is 0 Å². The van der Waals surface area contributed by atoms with E-state index in [2.05, 4.69) is 72.9 Å². The first-order chi connectivity index (χ1) is 16.4. The number of rotatable bonds is 11. The minimum Gasteiger partial charge on any atom is -0.461 e. The molecule has 2 heterocycles. The summed E-state index contributed by atoms with van der Waals surface area (Å²) in [5.41, 5.74) is -1.97. The first kappa shape index (κ1) is 31.0. The number of hydrogen-bond acceptors (Lipinski definition) is 7. The number of ether oxygens (including phenoxy) is 3. The predicted octanol–water partition coefficient (Wildman–Crippen LogP) is 5.29. The van der Waals surface area contributed by atoms with Crippen LogP contribution in [-0.4, -0.2) is 60.0 Å². The third-order valence-corrected chi connectivity index (χ3v) is 7.54. The molecule has 7 heteroatoms. The Morgan fingerprint density at radius 3 is 1.42 bits per heavy atom. The van der Waals surface area contributed by atoms with Gasteiger partial charge in [-0.2, -0.15) is 0 Å². The molecule has 0 radical (unpaired) electrons. The molecule has 2 N–H and O–H groups in total. The number of carbonyl (C=O) groups excluding carboxylic acids is 2. The van der Waals surface area contributed by atoms with E-state index in [4.69, 9.17) is 14.2 Å². The van der Waals surface area contributed by atoms with Crippen LogP contribution in [0.5, 0.6) is 0 Å². The highest BCUT2D eigenvalue weighted by Crippen LogP contribution is 2.39. The number of unbranched alkanes of at least 4 members (excludes halogenated alkanes) is 1. The molecule has 36 heavy (non-hydrogen) atoms. The lowest BCUT2D eigenvalue weighted by atomic mass is 9.77. The molecule has 0 amide bonds. The normalized spacial score (nSPS) is 23.7. The zero-order chi connectivity index (χ0) is 27.4. The molecule has 2 fully saturated rings. The minimum absolute atomic E-state index is 0.165. The average Bonchev–Trinajstić information content (AvgIpc) is 2.65. The van der Waals surface area contributed by atoms with Crippen molar-refractivity contribution in [2.45, 2.75) is 154 Å². The smallest absolute Gasteiger partial charge is 0.323 e. The van der Waals surface area contributed by atoms with Crippen molar-refractivity contribution in [2.24, 2.45) is 5.41 Å². The summed E-state index contributed by atoms with van der Waals surface area (Å²) in [6.07, 6.45) is 5.34. The molecule has 210 valence electrons. The molecule has 2 aliphatic rings. The van der Waals surface area contributed by atoms with Gasteiger partial charge in [-0.15, -0.1) is 0 Å². The van der Waals surface area contributed by atoms with Crippen molar-refractivity contribution in [1.82, 2.24) is 10.6 Å². The minimum atomic E-state index is -1.31. The van der Waals surface area contributed by atoms with Gasteiger partial charge < -0.3 is 24.8 Å². The van der Waals surface area contributed by atoms with Crippen molar-refractivity contribution in [3.05, 3.63) is 0 Å². The Labute approximate surface area is 220 Å². The number of hydrogen-bond donors (Lipinski definition) is 2. The molecule has 0 aromatic carbocycles. The van der Waals surface area contributed by atoms with Crippen LogP contribution in [0.1, 0.15) is 120 Å². The monoisotopic (exact) mass is 510 g/mol. The molecule has 7 nitrogen and oxygen atoms in total. The Morgan fingerprint density at radius 2 is 1.08 bits per heavy atom. The second-order valence-electron chi connectivity index (χ2n) is 13.9. The average molecular weight is 511 g/mol. The molecular weight excluding hydrogens is 456 g/mol. The number of methoxy groups -OCH3 is 1. The fourth-order valence-electron chi connectivity index (χ4n) is 6.77. The summed E-state index contributed by atoms with van der Waals surface area (Å²) < 4.78 is 17.7. The van der Waals surface area contributed by atoms with Crippen LogP contribution in [0.4, 0.5) is 0 Å². The lowest BCUT2D eigenvalue weighted by Crippen LogP contribution is -2.61. The lowest BCUT2D eigenvalue weighted by Gasteiger charge is -2.47. The summed E-state index contributed by atoms with van der Waals surface area (Å²) >= 11 is 0. The molecule has 2 rings (SSSR count). The van der Waals surface area contributed by atoms with Crippen LogP contribution in [0.2, 0.25) is 0 Å². The van der Waals surface area contributed by atoms with E-state index < -0.39 is 17.4 Å². The molecule has 0 spiro atoms. The predicted molar refractivity (Wildman–Crippen MR) is 144 cm³/mol. The number of nitrogens with one attached hydrogen (secondary N) is 2. The molecule has 0 aromatic heterocycles. The highest BCUT2D eigenvalue weighted by Gasteiger charge is 2.51. The van der Waals surface area contributed by atoms with Gasteiger partial charge in [0.1, 0.15) is 12.2 Å². The molecule has 0 saturated carbocycles. The van der Waals surface area contributed by atoms with Crippen LogP contribution < -0.4 is 10.6 Å². The first-order valence-electron chi connectivity index (χ1n) is 13.9. The summed E-state index contributed by atoms with van der Waals surface area (Å²) in [7, 11) is 1.64. The van der Waals surface area contributed by atoms with E-state index in [0.717, 1.165) is 12.8 Å². The van der Waals surface area contributed by atoms with Gasteiger partial charge in [-0.3, -0.25) is 9.59 Å². The molecule has 0 bridgehead atoms. The van der Waals surface area contributed by atoms with Crippen LogP contribution in [0, 0.1) is 5.41 Å². The highest BCUT2D eigenvalue weighted by molar-refractivity contribution is 6.00. The van der Waals surface area contributed by atoms with Crippen molar-refractivity contribution in [3.8, 4) is 0 Å². The van der Waals surface area contributed by atoms with Crippen LogP contribution >= 0.6 is 0 Å². The van der Waals surface area contributed by atoms with Gasteiger partial charge in [0, 0.05) is 61.6 Å². The molecule has 0 unspecified atom stereocenters. The van der Waals surface area contributed by atoms with Crippen LogP contribution in [0.15, 0.2) is 0 Å². The van der Waals surface area contributed by atoms with E-state index in [1.54, 1.807) is 7.11 Å². The molecular formula is C29H54N2O5. The van der Waals surface area contributed by atoms with Gasteiger partial charge in [0.25, 0.3) is 0 Å². The summed E-state index contributed by atoms with van der Waals surface area (Å²) in [6, 6.07) is 0. The first-order valence-corrected chi connectivity index (χ1v) is 13.9. The van der Waals surface area contributed by atoms with Crippen molar-refractivity contribution in [2.75, 3.05) is 13.7 Å². The zero-order valence-electron chi connectivity index (χ0n) is 24.8. The van der Waals surface area contributed by atoms with Gasteiger partial charge in [0.15, 0.2) is 5.41 Å². The number of esters is 2. The van der Waals surface area contributed by atoms with Gasteiger partial charge in [-0.05, 0) is 74.7 Å². The fourth-order valence-corrected chi connectivity index (χ4v) is 6.77. The number of piperidine rings is 2. The van der Waals surface area contributed by atoms with Crippen LogP contribution in [0.3, 0.4) is 0 Å². The molecule has 0 aliphatic carbocycles. The molecule has 2 aliphatic heterocycles. The van der Waals surface area contributed by atoms with E-state index in [9.17, 15) is 9.59 Å². The van der Waals surface area contributed by atoms with E-state index in [-0.39, 0.29) is 34.4 Å². The maximum atomic E-state index is 14.0. The van der Waals surface area contributed by atoms with E-state index in [1.165, 1.54) is 0 Å².